The van der Waals surface area contributed by atoms with E-state index in [0.29, 0.717) is 10.8 Å². The lowest BCUT2D eigenvalue weighted by molar-refractivity contribution is -0.137. The van der Waals surface area contributed by atoms with Gasteiger partial charge in [-0.3, -0.25) is 4.79 Å². The summed E-state index contributed by atoms with van der Waals surface area (Å²) in [6.07, 6.45) is -3.62. The van der Waals surface area contributed by atoms with E-state index in [0.717, 1.165) is 12.3 Å². The number of carbonyl (C=O) groups is 1. The number of primary amides is 1. The summed E-state index contributed by atoms with van der Waals surface area (Å²) in [5, 5.41) is 3.39. The van der Waals surface area contributed by atoms with Crippen LogP contribution < -0.4 is 11.1 Å². The van der Waals surface area contributed by atoms with Crippen LogP contribution >= 0.6 is 11.8 Å². The summed E-state index contributed by atoms with van der Waals surface area (Å²) in [7, 11) is 0. The van der Waals surface area contributed by atoms with E-state index in [-0.39, 0.29) is 6.04 Å². The van der Waals surface area contributed by atoms with E-state index in [1.54, 1.807) is 0 Å². The second-order valence-corrected chi connectivity index (χ2v) is 5.51. The molecule has 0 aliphatic carbocycles. The molecule has 0 saturated heterocycles. The Morgan fingerprint density at radius 3 is 2.50 bits per heavy atom. The highest BCUT2D eigenvalue weighted by atomic mass is 32.2. The Balaban J connectivity index is 2.62. The number of nitrogens with zero attached hydrogens (tertiary/aromatic N) is 1. The lowest BCUT2D eigenvalue weighted by Crippen LogP contribution is -2.46. The predicted molar refractivity (Wildman–Crippen MR) is 71.2 cm³/mol. The van der Waals surface area contributed by atoms with Crippen LogP contribution in [0.4, 0.5) is 13.2 Å². The van der Waals surface area contributed by atoms with Gasteiger partial charge in [0.15, 0.2) is 0 Å². The number of nitrogens with two attached hydrogens (primary N) is 1. The third-order valence-electron chi connectivity index (χ3n) is 2.34. The van der Waals surface area contributed by atoms with Crippen LogP contribution in [0.2, 0.25) is 0 Å². The predicted octanol–water partition coefficient (Wildman–Crippen LogP) is 2.04. The number of amides is 1. The van der Waals surface area contributed by atoms with E-state index in [9.17, 15) is 18.0 Å². The summed E-state index contributed by atoms with van der Waals surface area (Å²) in [6.45, 7) is 3.74. The molecular weight excluding hydrogens is 291 g/mol. The number of alkyl halides is 3. The molecular formula is C12H16F3N3OS. The molecule has 3 N–H and O–H groups in total. The first-order valence-corrected chi connectivity index (χ1v) is 6.90. The zero-order valence-electron chi connectivity index (χ0n) is 11.1. The molecule has 20 heavy (non-hydrogen) atoms. The zero-order valence-corrected chi connectivity index (χ0v) is 11.9. The Hall–Kier alpha value is -1.28. The normalized spacial score (nSPS) is 13.5. The van der Waals surface area contributed by atoms with Crippen molar-refractivity contribution in [1.29, 1.82) is 0 Å². The monoisotopic (exact) mass is 307 g/mol. The number of aromatic nitrogens is 1. The summed E-state index contributed by atoms with van der Waals surface area (Å²) >= 11 is 1.18. The van der Waals surface area contributed by atoms with E-state index in [2.05, 4.69) is 10.3 Å². The van der Waals surface area contributed by atoms with Gasteiger partial charge in [0.1, 0.15) is 0 Å². The first-order chi connectivity index (χ1) is 9.20. The fourth-order valence-electron chi connectivity index (χ4n) is 1.42. The van der Waals surface area contributed by atoms with Crippen LogP contribution in [-0.4, -0.2) is 28.7 Å². The third kappa shape index (κ3) is 5.38. The van der Waals surface area contributed by atoms with Crippen molar-refractivity contribution in [3.05, 3.63) is 23.9 Å². The molecule has 1 aromatic heterocycles. The number of hydrogen-bond donors (Lipinski definition) is 2. The number of thioether (sulfide) groups is 1. The number of carbonyl (C=O) groups excluding carboxylic acids is 1. The highest BCUT2D eigenvalue weighted by Crippen LogP contribution is 2.29. The van der Waals surface area contributed by atoms with Crippen LogP contribution in [0.25, 0.3) is 0 Å². The molecule has 0 aliphatic heterocycles. The first-order valence-electron chi connectivity index (χ1n) is 5.91. The molecule has 0 aliphatic rings. The van der Waals surface area contributed by atoms with Crippen molar-refractivity contribution in [1.82, 2.24) is 10.3 Å². The summed E-state index contributed by atoms with van der Waals surface area (Å²) in [6, 6.07) is 1.77. The average Bonchev–Trinajstić information content (AvgIpc) is 2.33. The molecule has 1 rings (SSSR count). The zero-order chi connectivity index (χ0) is 15.3. The largest absolute Gasteiger partial charge is 0.417 e. The van der Waals surface area contributed by atoms with Gasteiger partial charge in [-0.2, -0.15) is 13.2 Å². The Morgan fingerprint density at radius 2 is 2.10 bits per heavy atom. The molecule has 1 amide bonds. The molecule has 0 spiro atoms. The highest BCUT2D eigenvalue weighted by molar-refractivity contribution is 7.99. The first kappa shape index (κ1) is 16.8. The maximum Gasteiger partial charge on any atom is 0.417 e. The highest BCUT2D eigenvalue weighted by Gasteiger charge is 2.30. The minimum Gasteiger partial charge on any atom is -0.368 e. The number of halogens is 3. The Kier molecular flexibility index (Phi) is 5.82. The second kappa shape index (κ2) is 6.94. The number of rotatable bonds is 6. The summed E-state index contributed by atoms with van der Waals surface area (Å²) in [5.74, 6) is -0.190. The molecule has 1 unspecified atom stereocenters. The van der Waals surface area contributed by atoms with E-state index in [4.69, 9.17) is 5.73 Å². The van der Waals surface area contributed by atoms with Crippen LogP contribution in [0.3, 0.4) is 0 Å². The van der Waals surface area contributed by atoms with E-state index < -0.39 is 23.7 Å². The van der Waals surface area contributed by atoms with Crippen molar-refractivity contribution in [2.75, 3.05) is 5.75 Å². The van der Waals surface area contributed by atoms with Crippen LogP contribution in [0.5, 0.6) is 0 Å². The lowest BCUT2D eigenvalue weighted by Gasteiger charge is -2.17. The minimum atomic E-state index is -4.40. The van der Waals surface area contributed by atoms with Gasteiger partial charge in [-0.1, -0.05) is 13.8 Å². The maximum atomic E-state index is 12.4. The molecule has 112 valence electrons. The summed E-state index contributed by atoms with van der Waals surface area (Å²) in [5.41, 5.74) is 4.45. The fraction of sp³-hybridized carbons (Fsp3) is 0.500. The van der Waals surface area contributed by atoms with Gasteiger partial charge < -0.3 is 11.1 Å². The Morgan fingerprint density at radius 1 is 1.45 bits per heavy atom. The molecule has 0 fully saturated rings. The van der Waals surface area contributed by atoms with Gasteiger partial charge in [0.2, 0.25) is 5.91 Å². The summed E-state index contributed by atoms with van der Waals surface area (Å²) in [4.78, 5) is 14.9. The number of hydrogen-bond acceptors (Lipinski definition) is 4. The molecule has 1 heterocycles. The minimum absolute atomic E-state index is 0.0775. The number of pyridine rings is 1. The van der Waals surface area contributed by atoms with Gasteiger partial charge in [-0.05, 0) is 12.1 Å². The lowest BCUT2D eigenvalue weighted by atomic mass is 10.3. The van der Waals surface area contributed by atoms with Crippen LogP contribution in [-0.2, 0) is 11.0 Å². The van der Waals surface area contributed by atoms with E-state index in [1.165, 1.54) is 17.8 Å². The van der Waals surface area contributed by atoms with Crippen molar-refractivity contribution in [2.45, 2.75) is 37.1 Å². The van der Waals surface area contributed by atoms with Crippen LogP contribution in [0, 0.1) is 0 Å². The van der Waals surface area contributed by atoms with E-state index >= 15 is 0 Å². The van der Waals surface area contributed by atoms with Gasteiger partial charge >= 0.3 is 6.18 Å². The quantitative estimate of drug-likeness (QED) is 0.789. The Bertz CT molecular complexity index is 448. The van der Waals surface area contributed by atoms with Gasteiger partial charge in [0.05, 0.1) is 16.6 Å². The topological polar surface area (TPSA) is 68.0 Å². The molecule has 0 bridgehead atoms. The van der Waals surface area contributed by atoms with Gasteiger partial charge in [-0.25, -0.2) is 4.98 Å². The SMILES string of the molecule is CC(C)NC(CSc1ccc(C(F)(F)F)cn1)C(N)=O. The van der Waals surface area contributed by atoms with Gasteiger partial charge in [0, 0.05) is 18.0 Å². The van der Waals surface area contributed by atoms with Crippen LogP contribution in [0.15, 0.2) is 23.4 Å². The molecule has 1 aromatic rings. The second-order valence-electron chi connectivity index (χ2n) is 4.47. The smallest absolute Gasteiger partial charge is 0.368 e. The molecule has 4 nitrogen and oxygen atoms in total. The standard InChI is InChI=1S/C12H16F3N3OS/c1-7(2)18-9(11(16)19)6-20-10-4-3-8(5-17-10)12(13,14)15/h3-5,7,9,18H,6H2,1-2H3,(H2,16,19). The Labute approximate surface area is 119 Å². The van der Waals surface area contributed by atoms with Crippen molar-refractivity contribution < 1.29 is 18.0 Å². The van der Waals surface area contributed by atoms with Crippen molar-refractivity contribution >= 4 is 17.7 Å². The molecule has 0 aromatic carbocycles. The fourth-order valence-corrected chi connectivity index (χ4v) is 2.31. The van der Waals surface area contributed by atoms with E-state index in [1.807, 2.05) is 13.8 Å². The number of nitrogens with one attached hydrogen (secondary N) is 1. The van der Waals surface area contributed by atoms with Crippen molar-refractivity contribution in [3.8, 4) is 0 Å². The average molecular weight is 307 g/mol. The molecule has 8 heteroatoms. The summed E-state index contributed by atoms with van der Waals surface area (Å²) < 4.78 is 37.1. The molecule has 1 atom stereocenters. The molecule has 0 saturated carbocycles. The third-order valence-corrected chi connectivity index (χ3v) is 3.38. The van der Waals surface area contributed by atoms with Gasteiger partial charge in [0.25, 0.3) is 0 Å². The molecule has 0 radical (unpaired) electrons. The van der Waals surface area contributed by atoms with Crippen molar-refractivity contribution in [2.24, 2.45) is 5.73 Å². The van der Waals surface area contributed by atoms with Crippen LogP contribution in [0.1, 0.15) is 19.4 Å². The van der Waals surface area contributed by atoms with Gasteiger partial charge in [-0.15, -0.1) is 11.8 Å². The van der Waals surface area contributed by atoms with Crippen molar-refractivity contribution in [3.63, 3.8) is 0 Å². The maximum absolute atomic E-state index is 12.4.